The molecule has 1 fully saturated rings. The maximum atomic E-state index is 13.7. The summed E-state index contributed by atoms with van der Waals surface area (Å²) >= 11 is 3.15. The molecule has 0 aromatic heterocycles. The van der Waals surface area contributed by atoms with Crippen LogP contribution in [-0.2, 0) is 0 Å². The molecule has 1 unspecified atom stereocenters. The molecule has 1 saturated carbocycles. The standard InChI is InChI=1S/C15H21BrF2N2/c1-2-9-3-5-10(6-4-9)15(20-19)11-7-8-12(17)14(18)13(11)16/h7-10,15,20H,2-6,19H2,1H3. The average Bonchev–Trinajstić information content (AvgIpc) is 2.48. The average molecular weight is 347 g/mol. The topological polar surface area (TPSA) is 38.0 Å². The Morgan fingerprint density at radius 1 is 1.30 bits per heavy atom. The quantitative estimate of drug-likeness (QED) is 0.480. The monoisotopic (exact) mass is 346 g/mol. The zero-order chi connectivity index (χ0) is 14.7. The first kappa shape index (κ1) is 15.9. The third kappa shape index (κ3) is 3.21. The molecule has 0 radical (unpaired) electrons. The van der Waals surface area contributed by atoms with Crippen molar-refractivity contribution in [1.29, 1.82) is 0 Å². The van der Waals surface area contributed by atoms with E-state index in [1.807, 2.05) is 0 Å². The van der Waals surface area contributed by atoms with Crippen LogP contribution in [0.2, 0.25) is 0 Å². The van der Waals surface area contributed by atoms with Gasteiger partial charge in [-0.05, 0) is 52.2 Å². The SMILES string of the molecule is CCC1CCC(C(NN)c2ccc(F)c(F)c2Br)CC1. The molecule has 0 heterocycles. The Balaban J connectivity index is 2.19. The highest BCUT2D eigenvalue weighted by Crippen LogP contribution is 2.40. The molecule has 0 aliphatic heterocycles. The van der Waals surface area contributed by atoms with Gasteiger partial charge in [0.15, 0.2) is 11.6 Å². The highest BCUT2D eigenvalue weighted by molar-refractivity contribution is 9.10. The minimum absolute atomic E-state index is 0.141. The van der Waals surface area contributed by atoms with Crippen LogP contribution in [0, 0.1) is 23.5 Å². The smallest absolute Gasteiger partial charge is 0.173 e. The number of halogens is 3. The van der Waals surface area contributed by atoms with Crippen LogP contribution < -0.4 is 11.3 Å². The molecule has 1 aliphatic carbocycles. The Kier molecular flexibility index (Phi) is 5.52. The molecule has 5 heteroatoms. The van der Waals surface area contributed by atoms with E-state index in [2.05, 4.69) is 28.3 Å². The molecule has 1 atom stereocenters. The van der Waals surface area contributed by atoms with E-state index in [1.54, 1.807) is 6.07 Å². The molecule has 20 heavy (non-hydrogen) atoms. The fourth-order valence-corrected chi connectivity index (χ4v) is 3.76. The minimum Gasteiger partial charge on any atom is -0.271 e. The molecule has 1 aromatic carbocycles. The van der Waals surface area contributed by atoms with E-state index >= 15 is 0 Å². The van der Waals surface area contributed by atoms with Gasteiger partial charge < -0.3 is 0 Å². The number of nitrogens with two attached hydrogens (primary N) is 1. The normalized spacial score (nSPS) is 24.6. The van der Waals surface area contributed by atoms with Gasteiger partial charge in [-0.3, -0.25) is 11.3 Å². The zero-order valence-corrected chi connectivity index (χ0v) is 13.2. The number of hydrogen-bond donors (Lipinski definition) is 2. The van der Waals surface area contributed by atoms with Gasteiger partial charge in [-0.2, -0.15) is 0 Å². The lowest BCUT2D eigenvalue weighted by atomic mass is 9.76. The van der Waals surface area contributed by atoms with Crippen molar-refractivity contribution in [3.8, 4) is 0 Å². The van der Waals surface area contributed by atoms with E-state index in [4.69, 9.17) is 5.84 Å². The van der Waals surface area contributed by atoms with E-state index in [1.165, 1.54) is 19.3 Å². The summed E-state index contributed by atoms with van der Waals surface area (Å²) in [6.45, 7) is 2.22. The van der Waals surface area contributed by atoms with Crippen LogP contribution >= 0.6 is 15.9 Å². The molecule has 0 bridgehead atoms. The Morgan fingerprint density at radius 3 is 2.50 bits per heavy atom. The fraction of sp³-hybridized carbons (Fsp3) is 0.600. The number of benzene rings is 1. The summed E-state index contributed by atoms with van der Waals surface area (Å²) in [7, 11) is 0. The molecule has 1 aromatic rings. The molecular weight excluding hydrogens is 326 g/mol. The van der Waals surface area contributed by atoms with Gasteiger partial charge in [0.2, 0.25) is 0 Å². The van der Waals surface area contributed by atoms with Gasteiger partial charge in [-0.1, -0.05) is 32.3 Å². The summed E-state index contributed by atoms with van der Waals surface area (Å²) in [4.78, 5) is 0. The first-order chi connectivity index (χ1) is 9.58. The summed E-state index contributed by atoms with van der Waals surface area (Å²) in [6, 6.07) is 2.63. The summed E-state index contributed by atoms with van der Waals surface area (Å²) in [6.07, 6.45) is 5.71. The molecule has 0 saturated heterocycles. The van der Waals surface area contributed by atoms with Crippen LogP contribution in [0.5, 0.6) is 0 Å². The third-order valence-electron chi connectivity index (χ3n) is 4.52. The number of hydrazine groups is 1. The Hall–Kier alpha value is -0.520. The first-order valence-electron chi connectivity index (χ1n) is 7.18. The summed E-state index contributed by atoms with van der Waals surface area (Å²) in [5.41, 5.74) is 3.49. The van der Waals surface area contributed by atoms with E-state index < -0.39 is 11.6 Å². The van der Waals surface area contributed by atoms with Crippen molar-refractivity contribution in [2.24, 2.45) is 17.7 Å². The van der Waals surface area contributed by atoms with E-state index in [0.717, 1.165) is 24.8 Å². The third-order valence-corrected chi connectivity index (χ3v) is 5.33. The van der Waals surface area contributed by atoms with Crippen molar-refractivity contribution in [1.82, 2.24) is 5.43 Å². The number of hydrogen-bond acceptors (Lipinski definition) is 2. The second-order valence-electron chi connectivity index (χ2n) is 5.60. The van der Waals surface area contributed by atoms with Crippen LogP contribution in [0.3, 0.4) is 0 Å². The van der Waals surface area contributed by atoms with Crippen molar-refractivity contribution in [2.75, 3.05) is 0 Å². The Labute approximate surface area is 127 Å². The first-order valence-corrected chi connectivity index (χ1v) is 7.97. The minimum atomic E-state index is -0.843. The van der Waals surface area contributed by atoms with Crippen molar-refractivity contribution in [2.45, 2.75) is 45.1 Å². The van der Waals surface area contributed by atoms with Gasteiger partial charge >= 0.3 is 0 Å². The number of nitrogens with one attached hydrogen (secondary N) is 1. The lowest BCUT2D eigenvalue weighted by molar-refractivity contribution is 0.218. The summed E-state index contributed by atoms with van der Waals surface area (Å²) in [5, 5.41) is 0. The van der Waals surface area contributed by atoms with Crippen LogP contribution in [0.25, 0.3) is 0 Å². The van der Waals surface area contributed by atoms with Gasteiger partial charge in [0.1, 0.15) is 0 Å². The predicted molar refractivity (Wildman–Crippen MR) is 79.9 cm³/mol. The van der Waals surface area contributed by atoms with E-state index in [9.17, 15) is 8.78 Å². The predicted octanol–water partition coefficient (Wildman–Crippen LogP) is 4.45. The van der Waals surface area contributed by atoms with Crippen molar-refractivity contribution >= 4 is 15.9 Å². The molecule has 2 rings (SSSR count). The number of rotatable bonds is 4. The molecule has 112 valence electrons. The summed E-state index contributed by atoms with van der Waals surface area (Å²) < 4.78 is 27.1. The molecule has 2 nitrogen and oxygen atoms in total. The largest absolute Gasteiger partial charge is 0.271 e. The van der Waals surface area contributed by atoms with E-state index in [-0.39, 0.29) is 10.5 Å². The van der Waals surface area contributed by atoms with Gasteiger partial charge in [-0.25, -0.2) is 8.78 Å². The summed E-state index contributed by atoms with van der Waals surface area (Å²) in [5.74, 6) is 5.14. The zero-order valence-electron chi connectivity index (χ0n) is 11.6. The highest BCUT2D eigenvalue weighted by Gasteiger charge is 2.29. The molecule has 3 N–H and O–H groups in total. The van der Waals surface area contributed by atoms with Gasteiger partial charge in [0.05, 0.1) is 4.47 Å². The molecule has 0 amide bonds. The second kappa shape index (κ2) is 6.96. The molecular formula is C15H21BrF2N2. The lowest BCUT2D eigenvalue weighted by Gasteiger charge is -2.34. The van der Waals surface area contributed by atoms with E-state index in [0.29, 0.717) is 11.5 Å². The van der Waals surface area contributed by atoms with Crippen LogP contribution in [0.15, 0.2) is 16.6 Å². The van der Waals surface area contributed by atoms with Crippen molar-refractivity contribution in [3.63, 3.8) is 0 Å². The second-order valence-corrected chi connectivity index (χ2v) is 6.39. The molecule has 0 spiro atoms. The maximum absolute atomic E-state index is 13.7. The van der Waals surface area contributed by atoms with Crippen LogP contribution in [0.4, 0.5) is 8.78 Å². The maximum Gasteiger partial charge on any atom is 0.173 e. The van der Waals surface area contributed by atoms with Crippen molar-refractivity contribution in [3.05, 3.63) is 33.8 Å². The van der Waals surface area contributed by atoms with Crippen LogP contribution in [0.1, 0.15) is 50.6 Å². The van der Waals surface area contributed by atoms with Gasteiger partial charge in [-0.15, -0.1) is 0 Å². The highest BCUT2D eigenvalue weighted by atomic mass is 79.9. The Bertz CT molecular complexity index is 459. The van der Waals surface area contributed by atoms with Gasteiger partial charge in [0, 0.05) is 6.04 Å². The fourth-order valence-electron chi connectivity index (χ4n) is 3.19. The Morgan fingerprint density at radius 2 is 1.95 bits per heavy atom. The van der Waals surface area contributed by atoms with Crippen molar-refractivity contribution < 1.29 is 8.78 Å². The van der Waals surface area contributed by atoms with Crippen LogP contribution in [-0.4, -0.2) is 0 Å². The molecule has 1 aliphatic rings. The lowest BCUT2D eigenvalue weighted by Crippen LogP contribution is -2.35. The van der Waals surface area contributed by atoms with Gasteiger partial charge in [0.25, 0.3) is 0 Å².